The van der Waals surface area contributed by atoms with Gasteiger partial charge in [0.15, 0.2) is 0 Å². The number of nitrogens with one attached hydrogen (secondary N) is 1. The van der Waals surface area contributed by atoms with E-state index in [2.05, 4.69) is 43.2 Å². The number of hydrogen-bond donors (Lipinski definition) is 1. The highest BCUT2D eigenvalue weighted by atomic mass is 16.5. The van der Waals surface area contributed by atoms with Crippen LogP contribution in [0.1, 0.15) is 26.7 Å². The predicted molar refractivity (Wildman–Crippen MR) is 78.6 cm³/mol. The molecule has 1 aromatic rings. The number of methoxy groups -OCH3 is 1. The van der Waals surface area contributed by atoms with Gasteiger partial charge >= 0.3 is 0 Å². The number of likely N-dealkylation sites (N-methyl/N-ethyl adjacent to an activating group) is 1. The Morgan fingerprint density at radius 2 is 2.00 bits per heavy atom. The number of rotatable bonds is 8. The Labute approximate surface area is 111 Å². The van der Waals surface area contributed by atoms with Gasteiger partial charge in [0.25, 0.3) is 0 Å². The second kappa shape index (κ2) is 7.98. The minimum atomic E-state index is 0.528. The quantitative estimate of drug-likeness (QED) is 0.768. The lowest BCUT2D eigenvalue weighted by Crippen LogP contribution is -2.39. The van der Waals surface area contributed by atoms with E-state index in [0.717, 1.165) is 30.9 Å². The second-order valence-corrected chi connectivity index (χ2v) is 4.61. The molecule has 0 bridgehead atoms. The second-order valence-electron chi connectivity index (χ2n) is 4.61. The van der Waals surface area contributed by atoms with Crippen molar-refractivity contribution in [2.75, 3.05) is 32.1 Å². The van der Waals surface area contributed by atoms with Crippen LogP contribution in [-0.2, 0) is 0 Å². The number of ether oxygens (including phenoxy) is 1. The van der Waals surface area contributed by atoms with E-state index in [1.54, 1.807) is 7.11 Å². The summed E-state index contributed by atoms with van der Waals surface area (Å²) >= 11 is 0. The van der Waals surface area contributed by atoms with Crippen molar-refractivity contribution < 1.29 is 4.74 Å². The van der Waals surface area contributed by atoms with Crippen LogP contribution in [0.15, 0.2) is 24.3 Å². The molecule has 102 valence electrons. The number of para-hydroxylation sites is 2. The molecule has 0 aliphatic rings. The fourth-order valence-electron chi connectivity index (χ4n) is 2.06. The van der Waals surface area contributed by atoms with Crippen LogP contribution in [0.3, 0.4) is 0 Å². The predicted octanol–water partition coefficient (Wildman–Crippen LogP) is 2.91. The van der Waals surface area contributed by atoms with Gasteiger partial charge in [-0.1, -0.05) is 26.0 Å². The maximum atomic E-state index is 5.40. The summed E-state index contributed by atoms with van der Waals surface area (Å²) in [6.45, 7) is 6.50. The molecule has 0 saturated heterocycles. The Morgan fingerprint density at radius 1 is 1.28 bits per heavy atom. The zero-order valence-corrected chi connectivity index (χ0v) is 12.1. The summed E-state index contributed by atoms with van der Waals surface area (Å²) in [7, 11) is 3.84. The third-order valence-corrected chi connectivity index (χ3v) is 3.17. The molecule has 0 heterocycles. The molecule has 0 aromatic heterocycles. The summed E-state index contributed by atoms with van der Waals surface area (Å²) < 4.78 is 5.40. The van der Waals surface area contributed by atoms with Gasteiger partial charge in [0, 0.05) is 19.6 Å². The molecule has 0 aliphatic carbocycles. The Hall–Kier alpha value is -1.22. The lowest BCUT2D eigenvalue weighted by atomic mass is 10.2. The molecule has 1 atom stereocenters. The highest BCUT2D eigenvalue weighted by Crippen LogP contribution is 2.26. The zero-order chi connectivity index (χ0) is 13.4. The summed E-state index contributed by atoms with van der Waals surface area (Å²) in [6.07, 6.45) is 2.31. The van der Waals surface area contributed by atoms with Crippen molar-refractivity contribution in [1.29, 1.82) is 0 Å². The van der Waals surface area contributed by atoms with E-state index in [4.69, 9.17) is 4.74 Å². The average Bonchev–Trinajstić information content (AvgIpc) is 2.43. The Bertz CT molecular complexity index is 341. The van der Waals surface area contributed by atoms with Gasteiger partial charge in [-0.3, -0.25) is 0 Å². The van der Waals surface area contributed by atoms with Crippen molar-refractivity contribution >= 4 is 5.69 Å². The molecular formula is C15H26N2O. The Kier molecular flexibility index (Phi) is 6.58. The first kappa shape index (κ1) is 14.8. The van der Waals surface area contributed by atoms with Crippen molar-refractivity contribution in [3.63, 3.8) is 0 Å². The van der Waals surface area contributed by atoms with Crippen LogP contribution in [0.5, 0.6) is 5.75 Å². The summed E-state index contributed by atoms with van der Waals surface area (Å²) in [4.78, 5) is 2.26. The normalized spacial score (nSPS) is 12.2. The first-order chi connectivity index (χ1) is 8.72. The van der Waals surface area contributed by atoms with Crippen molar-refractivity contribution in [1.82, 2.24) is 5.32 Å². The zero-order valence-electron chi connectivity index (χ0n) is 12.1. The highest BCUT2D eigenvalue weighted by Gasteiger charge is 2.12. The molecule has 1 aromatic carbocycles. The van der Waals surface area contributed by atoms with Gasteiger partial charge in [-0.2, -0.15) is 0 Å². The van der Waals surface area contributed by atoms with Gasteiger partial charge in [-0.05, 0) is 31.5 Å². The average molecular weight is 250 g/mol. The van der Waals surface area contributed by atoms with E-state index in [9.17, 15) is 0 Å². The van der Waals surface area contributed by atoms with Gasteiger partial charge in [0.05, 0.1) is 12.8 Å². The van der Waals surface area contributed by atoms with Crippen LogP contribution in [0.2, 0.25) is 0 Å². The molecule has 3 nitrogen and oxygen atoms in total. The Balaban J connectivity index is 2.65. The van der Waals surface area contributed by atoms with Crippen LogP contribution in [0.25, 0.3) is 0 Å². The minimum Gasteiger partial charge on any atom is -0.495 e. The summed E-state index contributed by atoms with van der Waals surface area (Å²) in [6, 6.07) is 8.69. The van der Waals surface area contributed by atoms with Crippen LogP contribution in [-0.4, -0.2) is 33.3 Å². The topological polar surface area (TPSA) is 24.5 Å². The molecular weight excluding hydrogens is 224 g/mol. The molecule has 0 amide bonds. The summed E-state index contributed by atoms with van der Waals surface area (Å²) in [5, 5.41) is 3.57. The minimum absolute atomic E-state index is 0.528. The Morgan fingerprint density at radius 3 is 2.61 bits per heavy atom. The molecule has 0 saturated carbocycles. The van der Waals surface area contributed by atoms with Crippen LogP contribution in [0.4, 0.5) is 5.69 Å². The maximum Gasteiger partial charge on any atom is 0.142 e. The van der Waals surface area contributed by atoms with Crippen molar-refractivity contribution in [3.05, 3.63) is 24.3 Å². The molecule has 3 heteroatoms. The van der Waals surface area contributed by atoms with Crippen molar-refractivity contribution in [2.24, 2.45) is 0 Å². The van der Waals surface area contributed by atoms with E-state index in [0.29, 0.717) is 6.04 Å². The fraction of sp³-hybridized carbons (Fsp3) is 0.600. The van der Waals surface area contributed by atoms with Gasteiger partial charge < -0.3 is 15.0 Å². The largest absolute Gasteiger partial charge is 0.495 e. The first-order valence-corrected chi connectivity index (χ1v) is 6.80. The summed E-state index contributed by atoms with van der Waals surface area (Å²) in [5.74, 6) is 0.936. The molecule has 0 fully saturated rings. The van der Waals surface area contributed by atoms with Gasteiger partial charge in [0.1, 0.15) is 5.75 Å². The number of nitrogens with zero attached hydrogens (tertiary/aromatic N) is 1. The lowest BCUT2D eigenvalue weighted by Gasteiger charge is -2.27. The number of hydrogen-bond acceptors (Lipinski definition) is 3. The molecule has 18 heavy (non-hydrogen) atoms. The summed E-state index contributed by atoms with van der Waals surface area (Å²) in [5.41, 5.74) is 1.15. The first-order valence-electron chi connectivity index (χ1n) is 6.80. The van der Waals surface area contributed by atoms with Gasteiger partial charge in [0.2, 0.25) is 0 Å². The van der Waals surface area contributed by atoms with Gasteiger partial charge in [-0.15, -0.1) is 0 Å². The van der Waals surface area contributed by atoms with Crippen LogP contribution in [0, 0.1) is 0 Å². The monoisotopic (exact) mass is 250 g/mol. The highest BCUT2D eigenvalue weighted by molar-refractivity contribution is 5.57. The van der Waals surface area contributed by atoms with E-state index < -0.39 is 0 Å². The van der Waals surface area contributed by atoms with Crippen LogP contribution < -0.4 is 15.0 Å². The van der Waals surface area contributed by atoms with Crippen molar-refractivity contribution in [3.8, 4) is 5.75 Å². The molecule has 0 radical (unpaired) electrons. The van der Waals surface area contributed by atoms with Crippen molar-refractivity contribution in [2.45, 2.75) is 32.7 Å². The molecule has 0 aliphatic heterocycles. The lowest BCUT2D eigenvalue weighted by molar-refractivity contribution is 0.413. The van der Waals surface area contributed by atoms with Gasteiger partial charge in [-0.25, -0.2) is 0 Å². The standard InChI is InChI=1S/C15H26N2O/c1-5-11-16-13(6-2)12-17(3)14-9-7-8-10-15(14)18-4/h7-10,13,16H,5-6,11-12H2,1-4H3. The molecule has 1 N–H and O–H groups in total. The molecule has 1 rings (SSSR count). The number of benzene rings is 1. The SMILES string of the molecule is CCCNC(CC)CN(C)c1ccccc1OC. The molecule has 1 unspecified atom stereocenters. The van der Waals surface area contributed by atoms with E-state index in [1.807, 2.05) is 12.1 Å². The molecule has 0 spiro atoms. The van der Waals surface area contributed by atoms with E-state index in [-0.39, 0.29) is 0 Å². The number of anilines is 1. The van der Waals surface area contributed by atoms with E-state index in [1.165, 1.54) is 6.42 Å². The third kappa shape index (κ3) is 4.22. The smallest absolute Gasteiger partial charge is 0.142 e. The third-order valence-electron chi connectivity index (χ3n) is 3.17. The maximum absolute atomic E-state index is 5.40. The van der Waals surface area contributed by atoms with Crippen LogP contribution >= 0.6 is 0 Å². The fourth-order valence-corrected chi connectivity index (χ4v) is 2.06. The van der Waals surface area contributed by atoms with E-state index >= 15 is 0 Å².